The SMILES string of the molecule is CC(O)CC(C)(C)CNC(=O)NC1CCN(c2ccccn2)CC1. The Labute approximate surface area is 144 Å². The van der Waals surface area contributed by atoms with Crippen LogP contribution in [0.5, 0.6) is 0 Å². The molecule has 0 aromatic carbocycles. The van der Waals surface area contributed by atoms with E-state index in [0.717, 1.165) is 31.7 Å². The van der Waals surface area contributed by atoms with Gasteiger partial charge in [-0.25, -0.2) is 9.78 Å². The predicted molar refractivity (Wildman–Crippen MR) is 96.1 cm³/mol. The average Bonchev–Trinajstić information content (AvgIpc) is 2.53. The Morgan fingerprint density at radius 2 is 2.12 bits per heavy atom. The summed E-state index contributed by atoms with van der Waals surface area (Å²) in [4.78, 5) is 18.7. The molecule has 6 nitrogen and oxygen atoms in total. The van der Waals surface area contributed by atoms with Crippen molar-refractivity contribution >= 4 is 11.8 Å². The molecule has 3 N–H and O–H groups in total. The first-order valence-corrected chi connectivity index (χ1v) is 8.74. The summed E-state index contributed by atoms with van der Waals surface area (Å²) in [7, 11) is 0. The zero-order valence-electron chi connectivity index (χ0n) is 15.0. The number of anilines is 1. The predicted octanol–water partition coefficient (Wildman–Crippen LogP) is 2.15. The summed E-state index contributed by atoms with van der Waals surface area (Å²) in [6, 6.07) is 6.01. The smallest absolute Gasteiger partial charge is 0.315 e. The van der Waals surface area contributed by atoms with Gasteiger partial charge < -0.3 is 20.6 Å². The zero-order chi connectivity index (χ0) is 17.6. The molecule has 24 heavy (non-hydrogen) atoms. The molecule has 1 aromatic heterocycles. The summed E-state index contributed by atoms with van der Waals surface area (Å²) in [6.45, 7) is 8.22. The molecule has 2 heterocycles. The number of carbonyl (C=O) groups is 1. The van der Waals surface area contributed by atoms with Gasteiger partial charge >= 0.3 is 6.03 Å². The Morgan fingerprint density at radius 1 is 1.42 bits per heavy atom. The quantitative estimate of drug-likeness (QED) is 0.745. The van der Waals surface area contributed by atoms with Gasteiger partial charge in [0.2, 0.25) is 0 Å². The molecule has 1 aliphatic rings. The van der Waals surface area contributed by atoms with Crippen LogP contribution in [-0.2, 0) is 0 Å². The number of nitrogens with zero attached hydrogens (tertiary/aromatic N) is 2. The van der Waals surface area contributed by atoms with Crippen molar-refractivity contribution in [2.24, 2.45) is 5.41 Å². The molecule has 0 aliphatic carbocycles. The van der Waals surface area contributed by atoms with E-state index in [2.05, 4.69) is 20.5 Å². The molecule has 0 saturated carbocycles. The van der Waals surface area contributed by atoms with Crippen LogP contribution < -0.4 is 15.5 Å². The van der Waals surface area contributed by atoms with E-state index < -0.39 is 0 Å². The maximum Gasteiger partial charge on any atom is 0.315 e. The Bertz CT molecular complexity index is 511. The zero-order valence-corrected chi connectivity index (χ0v) is 15.0. The molecule has 6 heteroatoms. The highest BCUT2D eigenvalue weighted by Gasteiger charge is 2.24. The van der Waals surface area contributed by atoms with Gasteiger partial charge in [0.25, 0.3) is 0 Å². The summed E-state index contributed by atoms with van der Waals surface area (Å²) >= 11 is 0. The minimum atomic E-state index is -0.360. The molecule has 1 saturated heterocycles. The van der Waals surface area contributed by atoms with Crippen LogP contribution in [0.25, 0.3) is 0 Å². The first-order chi connectivity index (χ1) is 11.4. The number of aliphatic hydroxyl groups is 1. The molecule has 1 fully saturated rings. The number of hydrogen-bond donors (Lipinski definition) is 3. The van der Waals surface area contributed by atoms with E-state index >= 15 is 0 Å². The van der Waals surface area contributed by atoms with Crippen LogP contribution in [-0.4, -0.2) is 47.9 Å². The Balaban J connectivity index is 1.71. The molecule has 1 unspecified atom stereocenters. The van der Waals surface area contributed by atoms with Gasteiger partial charge in [0, 0.05) is 31.9 Å². The van der Waals surface area contributed by atoms with E-state index in [1.54, 1.807) is 6.92 Å². The number of aromatic nitrogens is 1. The molecule has 1 atom stereocenters. The Morgan fingerprint density at radius 3 is 2.71 bits per heavy atom. The normalized spacial score (nSPS) is 17.4. The van der Waals surface area contributed by atoms with Crippen LogP contribution in [0.15, 0.2) is 24.4 Å². The van der Waals surface area contributed by atoms with Gasteiger partial charge in [-0.2, -0.15) is 0 Å². The third-order valence-corrected chi connectivity index (χ3v) is 4.38. The van der Waals surface area contributed by atoms with Crippen molar-refractivity contribution in [3.63, 3.8) is 0 Å². The van der Waals surface area contributed by atoms with Crippen molar-refractivity contribution in [2.45, 2.75) is 52.2 Å². The summed E-state index contributed by atoms with van der Waals surface area (Å²) in [5.74, 6) is 1.00. The van der Waals surface area contributed by atoms with Crippen molar-refractivity contribution in [1.82, 2.24) is 15.6 Å². The number of carbonyl (C=O) groups excluding carboxylic acids is 1. The second-order valence-corrected chi connectivity index (χ2v) is 7.49. The molecule has 0 bridgehead atoms. The van der Waals surface area contributed by atoms with Crippen LogP contribution in [0.2, 0.25) is 0 Å². The van der Waals surface area contributed by atoms with E-state index in [4.69, 9.17) is 0 Å². The van der Waals surface area contributed by atoms with Gasteiger partial charge in [0.05, 0.1) is 6.10 Å². The van der Waals surface area contributed by atoms with Crippen LogP contribution in [0.4, 0.5) is 10.6 Å². The second-order valence-electron chi connectivity index (χ2n) is 7.49. The van der Waals surface area contributed by atoms with Crippen LogP contribution >= 0.6 is 0 Å². The summed E-state index contributed by atoms with van der Waals surface area (Å²) in [6.07, 6.45) is 3.95. The first kappa shape index (κ1) is 18.5. The highest BCUT2D eigenvalue weighted by atomic mass is 16.3. The second kappa shape index (κ2) is 8.33. The molecular formula is C18H30N4O2. The molecule has 134 valence electrons. The van der Waals surface area contributed by atoms with Gasteiger partial charge in [-0.1, -0.05) is 19.9 Å². The Hall–Kier alpha value is -1.82. The topological polar surface area (TPSA) is 77.5 Å². The maximum absolute atomic E-state index is 12.1. The largest absolute Gasteiger partial charge is 0.393 e. The fourth-order valence-corrected chi connectivity index (χ4v) is 3.22. The number of rotatable bonds is 6. The lowest BCUT2D eigenvalue weighted by molar-refractivity contribution is 0.128. The molecular weight excluding hydrogens is 304 g/mol. The first-order valence-electron chi connectivity index (χ1n) is 8.74. The summed E-state index contributed by atoms with van der Waals surface area (Å²) in [5.41, 5.74) is -0.117. The van der Waals surface area contributed by atoms with Crippen molar-refractivity contribution in [3.05, 3.63) is 24.4 Å². The van der Waals surface area contributed by atoms with Gasteiger partial charge in [0.15, 0.2) is 0 Å². The number of piperidine rings is 1. The minimum absolute atomic E-state index is 0.117. The van der Waals surface area contributed by atoms with Crippen molar-refractivity contribution in [3.8, 4) is 0 Å². The van der Waals surface area contributed by atoms with E-state index in [1.165, 1.54) is 0 Å². The van der Waals surface area contributed by atoms with E-state index in [9.17, 15) is 9.90 Å². The van der Waals surface area contributed by atoms with E-state index in [-0.39, 0.29) is 23.6 Å². The maximum atomic E-state index is 12.1. The highest BCUT2D eigenvalue weighted by molar-refractivity contribution is 5.74. The summed E-state index contributed by atoms with van der Waals surface area (Å²) < 4.78 is 0. The van der Waals surface area contributed by atoms with Gasteiger partial charge in [0.1, 0.15) is 5.82 Å². The van der Waals surface area contributed by atoms with Crippen LogP contribution in [0.1, 0.15) is 40.0 Å². The Kier molecular flexibility index (Phi) is 6.43. The lowest BCUT2D eigenvalue weighted by Gasteiger charge is -2.33. The molecule has 0 radical (unpaired) electrons. The number of pyridine rings is 1. The number of hydrogen-bond acceptors (Lipinski definition) is 4. The molecule has 0 spiro atoms. The lowest BCUT2D eigenvalue weighted by atomic mass is 9.87. The number of urea groups is 1. The minimum Gasteiger partial charge on any atom is -0.393 e. The number of amides is 2. The van der Waals surface area contributed by atoms with Gasteiger partial charge in [-0.15, -0.1) is 0 Å². The summed E-state index contributed by atoms with van der Waals surface area (Å²) in [5, 5.41) is 15.5. The van der Waals surface area contributed by atoms with Crippen LogP contribution in [0, 0.1) is 5.41 Å². The van der Waals surface area contributed by atoms with Crippen molar-refractivity contribution in [2.75, 3.05) is 24.5 Å². The molecule has 2 amide bonds. The fraction of sp³-hybridized carbons (Fsp3) is 0.667. The van der Waals surface area contributed by atoms with Crippen molar-refractivity contribution < 1.29 is 9.90 Å². The molecule has 1 aliphatic heterocycles. The number of nitrogens with one attached hydrogen (secondary N) is 2. The van der Waals surface area contributed by atoms with Crippen LogP contribution in [0.3, 0.4) is 0 Å². The average molecular weight is 334 g/mol. The molecule has 2 rings (SSSR count). The third-order valence-electron chi connectivity index (χ3n) is 4.38. The third kappa shape index (κ3) is 6.00. The number of aliphatic hydroxyl groups excluding tert-OH is 1. The standard InChI is InChI=1S/C18H30N4O2/c1-14(23)12-18(2,3)13-20-17(24)21-15-7-10-22(11-8-15)16-6-4-5-9-19-16/h4-6,9,14-15,23H,7-8,10-13H2,1-3H3,(H2,20,21,24). The lowest BCUT2D eigenvalue weighted by Crippen LogP contribution is -2.49. The molecule has 1 aromatic rings. The highest BCUT2D eigenvalue weighted by Crippen LogP contribution is 2.21. The monoisotopic (exact) mass is 334 g/mol. The van der Waals surface area contributed by atoms with Gasteiger partial charge in [-0.05, 0) is 43.7 Å². The van der Waals surface area contributed by atoms with E-state index in [0.29, 0.717) is 13.0 Å². The van der Waals surface area contributed by atoms with Gasteiger partial charge in [-0.3, -0.25) is 0 Å². The fourth-order valence-electron chi connectivity index (χ4n) is 3.22. The van der Waals surface area contributed by atoms with Crippen molar-refractivity contribution in [1.29, 1.82) is 0 Å². The van der Waals surface area contributed by atoms with E-state index in [1.807, 2.05) is 38.2 Å².